The smallest absolute Gasteiger partial charge is 0.289 e. The molecule has 1 aliphatic heterocycles. The van der Waals surface area contributed by atoms with Crippen LogP contribution in [0.2, 0.25) is 0 Å². The average Bonchev–Trinajstić information content (AvgIpc) is 2.84. The van der Waals surface area contributed by atoms with Gasteiger partial charge in [0.15, 0.2) is 5.76 Å². The molecule has 4 nitrogen and oxygen atoms in total. The Morgan fingerprint density at radius 2 is 2.44 bits per heavy atom. The number of furan rings is 1. The van der Waals surface area contributed by atoms with E-state index >= 15 is 0 Å². The van der Waals surface area contributed by atoms with Crippen molar-refractivity contribution in [1.29, 1.82) is 0 Å². The molecule has 16 heavy (non-hydrogen) atoms. The second-order valence-corrected chi connectivity index (χ2v) is 4.07. The number of nitrogens with zero attached hydrogens (tertiary/aromatic N) is 1. The minimum atomic E-state index is -0.00606. The minimum absolute atomic E-state index is 0. The molecule has 1 aliphatic rings. The lowest BCUT2D eigenvalue weighted by Gasteiger charge is -2.14. The van der Waals surface area contributed by atoms with E-state index in [-0.39, 0.29) is 18.3 Å². The van der Waals surface area contributed by atoms with Crippen LogP contribution >= 0.6 is 12.4 Å². The predicted molar refractivity (Wildman–Crippen MR) is 63.8 cm³/mol. The Balaban J connectivity index is 0.00000128. The summed E-state index contributed by atoms with van der Waals surface area (Å²) < 4.78 is 5.18. The van der Waals surface area contributed by atoms with Crippen molar-refractivity contribution in [2.45, 2.75) is 13.3 Å². The van der Waals surface area contributed by atoms with E-state index in [1.54, 1.807) is 6.26 Å². The Morgan fingerprint density at radius 1 is 1.69 bits per heavy atom. The van der Waals surface area contributed by atoms with Gasteiger partial charge >= 0.3 is 0 Å². The summed E-state index contributed by atoms with van der Waals surface area (Å²) in [5.74, 6) is 0.908. The summed E-state index contributed by atoms with van der Waals surface area (Å²) in [6.45, 7) is 4.09. The van der Waals surface area contributed by atoms with Crippen LogP contribution in [-0.2, 0) is 0 Å². The molecule has 0 aromatic carbocycles. The van der Waals surface area contributed by atoms with Crippen LogP contribution in [0, 0.1) is 12.8 Å². The number of halogens is 1. The van der Waals surface area contributed by atoms with Crippen molar-refractivity contribution in [2.75, 3.05) is 19.6 Å². The molecule has 90 valence electrons. The fourth-order valence-corrected chi connectivity index (χ4v) is 1.94. The van der Waals surface area contributed by atoms with Gasteiger partial charge in [0.05, 0.1) is 6.26 Å². The van der Waals surface area contributed by atoms with Crippen molar-refractivity contribution in [3.05, 3.63) is 23.7 Å². The quantitative estimate of drug-likeness (QED) is 0.856. The molecule has 0 bridgehead atoms. The van der Waals surface area contributed by atoms with Crippen LogP contribution < -0.4 is 5.73 Å². The first-order valence-electron chi connectivity index (χ1n) is 5.26. The highest BCUT2D eigenvalue weighted by molar-refractivity contribution is 5.93. The third kappa shape index (κ3) is 2.39. The highest BCUT2D eigenvalue weighted by atomic mass is 35.5. The minimum Gasteiger partial charge on any atom is -0.459 e. The maximum atomic E-state index is 12.0. The monoisotopic (exact) mass is 244 g/mol. The van der Waals surface area contributed by atoms with Crippen LogP contribution in [0.5, 0.6) is 0 Å². The van der Waals surface area contributed by atoms with Crippen molar-refractivity contribution < 1.29 is 9.21 Å². The van der Waals surface area contributed by atoms with Crippen molar-refractivity contribution >= 4 is 18.3 Å². The molecule has 1 amide bonds. The number of carbonyl (C=O) groups is 1. The van der Waals surface area contributed by atoms with Crippen molar-refractivity contribution in [2.24, 2.45) is 11.7 Å². The SMILES string of the molecule is Cc1ccoc1C(=O)N1CCC(CN)C1.Cl. The van der Waals surface area contributed by atoms with Crippen LogP contribution in [0.3, 0.4) is 0 Å². The number of carbonyl (C=O) groups excluding carboxylic acids is 1. The molecule has 1 aromatic heterocycles. The largest absolute Gasteiger partial charge is 0.459 e. The van der Waals surface area contributed by atoms with Crippen molar-refractivity contribution in [3.63, 3.8) is 0 Å². The maximum absolute atomic E-state index is 12.0. The number of aryl methyl sites for hydroxylation is 1. The van der Waals surface area contributed by atoms with E-state index in [9.17, 15) is 4.79 Å². The second kappa shape index (κ2) is 5.37. The molecule has 1 unspecified atom stereocenters. The lowest BCUT2D eigenvalue weighted by atomic mass is 10.1. The van der Waals surface area contributed by atoms with Gasteiger partial charge in [0, 0.05) is 18.7 Å². The Hall–Kier alpha value is -1.00. The first-order chi connectivity index (χ1) is 7.22. The van der Waals surface area contributed by atoms with Crippen molar-refractivity contribution in [1.82, 2.24) is 4.90 Å². The zero-order valence-electron chi connectivity index (χ0n) is 9.31. The van der Waals surface area contributed by atoms with Gasteiger partial charge in [0.2, 0.25) is 0 Å². The van der Waals surface area contributed by atoms with Crippen LogP contribution in [-0.4, -0.2) is 30.4 Å². The summed E-state index contributed by atoms with van der Waals surface area (Å²) in [5, 5.41) is 0. The highest BCUT2D eigenvalue weighted by Gasteiger charge is 2.28. The Labute approximate surface area is 101 Å². The summed E-state index contributed by atoms with van der Waals surface area (Å²) in [5.41, 5.74) is 6.48. The van der Waals surface area contributed by atoms with Crippen LogP contribution in [0.25, 0.3) is 0 Å². The average molecular weight is 245 g/mol. The van der Waals surface area contributed by atoms with Gasteiger partial charge < -0.3 is 15.1 Å². The van der Waals surface area contributed by atoms with Gasteiger partial charge in [-0.15, -0.1) is 12.4 Å². The molecule has 1 atom stereocenters. The van der Waals surface area contributed by atoms with Gasteiger partial charge in [-0.3, -0.25) is 4.79 Å². The molecule has 5 heteroatoms. The van der Waals surface area contributed by atoms with Gasteiger partial charge in [-0.05, 0) is 31.9 Å². The van der Waals surface area contributed by atoms with Gasteiger partial charge in [0.1, 0.15) is 0 Å². The lowest BCUT2D eigenvalue weighted by molar-refractivity contribution is 0.0755. The standard InChI is InChI=1S/C11H16N2O2.ClH/c1-8-3-5-15-10(8)11(14)13-4-2-9(6-12)7-13;/h3,5,9H,2,4,6-7,12H2,1H3;1H. The van der Waals surface area contributed by atoms with E-state index < -0.39 is 0 Å². The second-order valence-electron chi connectivity index (χ2n) is 4.07. The summed E-state index contributed by atoms with van der Waals surface area (Å²) in [6, 6.07) is 1.81. The molecule has 0 spiro atoms. The summed E-state index contributed by atoms with van der Waals surface area (Å²) >= 11 is 0. The summed E-state index contributed by atoms with van der Waals surface area (Å²) in [4.78, 5) is 13.8. The maximum Gasteiger partial charge on any atom is 0.289 e. The fraction of sp³-hybridized carbons (Fsp3) is 0.545. The van der Waals surface area contributed by atoms with Gasteiger partial charge in [-0.2, -0.15) is 0 Å². The molecule has 1 fully saturated rings. The molecular formula is C11H17ClN2O2. The first kappa shape index (κ1) is 13.1. The molecule has 1 saturated heterocycles. The number of hydrogen-bond acceptors (Lipinski definition) is 3. The van der Waals surface area contributed by atoms with E-state index in [0.29, 0.717) is 18.2 Å². The predicted octanol–water partition coefficient (Wildman–Crippen LogP) is 1.43. The van der Waals surface area contributed by atoms with Gasteiger partial charge in [0.25, 0.3) is 5.91 Å². The third-order valence-corrected chi connectivity index (χ3v) is 2.96. The number of amides is 1. The Bertz CT molecular complexity index is 365. The number of likely N-dealkylation sites (tertiary alicyclic amines) is 1. The molecule has 0 radical (unpaired) electrons. The topological polar surface area (TPSA) is 59.5 Å². The van der Waals surface area contributed by atoms with E-state index in [1.807, 2.05) is 17.9 Å². The number of hydrogen-bond donors (Lipinski definition) is 1. The summed E-state index contributed by atoms with van der Waals surface area (Å²) in [7, 11) is 0. The van der Waals surface area contributed by atoms with Crippen molar-refractivity contribution in [3.8, 4) is 0 Å². The van der Waals surface area contributed by atoms with E-state index in [4.69, 9.17) is 10.2 Å². The van der Waals surface area contributed by atoms with Crippen LogP contribution in [0.4, 0.5) is 0 Å². The molecule has 0 aliphatic carbocycles. The zero-order chi connectivity index (χ0) is 10.8. The normalized spacial score (nSPS) is 19.6. The van der Waals surface area contributed by atoms with Crippen LogP contribution in [0.1, 0.15) is 22.5 Å². The number of nitrogens with two attached hydrogens (primary N) is 1. The van der Waals surface area contributed by atoms with Gasteiger partial charge in [-0.25, -0.2) is 0 Å². The molecule has 2 N–H and O–H groups in total. The Kier molecular flexibility index (Phi) is 4.38. The molecule has 2 rings (SSSR count). The van der Waals surface area contributed by atoms with E-state index in [0.717, 1.165) is 25.1 Å². The van der Waals surface area contributed by atoms with Gasteiger partial charge in [-0.1, -0.05) is 0 Å². The molecular weight excluding hydrogens is 228 g/mol. The van der Waals surface area contributed by atoms with E-state index in [2.05, 4.69) is 0 Å². The third-order valence-electron chi connectivity index (χ3n) is 2.96. The first-order valence-corrected chi connectivity index (χ1v) is 5.26. The Morgan fingerprint density at radius 3 is 2.94 bits per heavy atom. The highest BCUT2D eigenvalue weighted by Crippen LogP contribution is 2.19. The van der Waals surface area contributed by atoms with Crippen LogP contribution in [0.15, 0.2) is 16.7 Å². The molecule has 2 heterocycles. The van der Waals surface area contributed by atoms with E-state index in [1.165, 1.54) is 0 Å². The fourth-order valence-electron chi connectivity index (χ4n) is 1.94. The lowest BCUT2D eigenvalue weighted by Crippen LogP contribution is -2.29. The molecule has 0 saturated carbocycles. The zero-order valence-corrected chi connectivity index (χ0v) is 10.1. The number of rotatable bonds is 2. The summed E-state index contributed by atoms with van der Waals surface area (Å²) in [6.07, 6.45) is 2.56. The molecule has 1 aromatic rings.